The number of aliphatic hydroxyl groups is 1. The molecule has 0 heterocycles. The second-order valence-corrected chi connectivity index (χ2v) is 4.56. The molecule has 0 amide bonds. The summed E-state index contributed by atoms with van der Waals surface area (Å²) in [5.41, 5.74) is -0.0192. The van der Waals surface area contributed by atoms with Crippen LogP contribution in [0, 0.1) is 0 Å². The van der Waals surface area contributed by atoms with E-state index in [0.717, 1.165) is 0 Å². The number of aliphatic hydroxyl groups excluding tert-OH is 1. The van der Waals surface area contributed by atoms with Crippen LogP contribution in [0.25, 0.3) is 0 Å². The summed E-state index contributed by atoms with van der Waals surface area (Å²) in [7, 11) is 0. The van der Waals surface area contributed by atoms with Gasteiger partial charge in [0.2, 0.25) is 0 Å². The standard InChI is InChI=1S/C7H6O2.C6H14O3/c8-7(9)6-4-2-1-3-5-6;1-5(7)8-9-6(2,3)4/h1-5H,(H,8,9);5,7H,1-4H3. The van der Waals surface area contributed by atoms with E-state index in [2.05, 4.69) is 4.89 Å². The molecule has 0 saturated heterocycles. The van der Waals surface area contributed by atoms with Gasteiger partial charge in [0.1, 0.15) is 0 Å². The largest absolute Gasteiger partial charge is 0.478 e. The second kappa shape index (κ2) is 7.81. The Bertz CT molecular complexity index is 340. The summed E-state index contributed by atoms with van der Waals surface area (Å²) in [6.07, 6.45) is -0.857. The molecule has 18 heavy (non-hydrogen) atoms. The number of benzene rings is 1. The normalized spacial score (nSPS) is 12.3. The highest BCUT2D eigenvalue weighted by molar-refractivity contribution is 5.87. The van der Waals surface area contributed by atoms with E-state index >= 15 is 0 Å². The number of aromatic carboxylic acids is 1. The van der Waals surface area contributed by atoms with Crippen LogP contribution in [0.4, 0.5) is 0 Å². The van der Waals surface area contributed by atoms with E-state index in [9.17, 15) is 4.79 Å². The van der Waals surface area contributed by atoms with Crippen molar-refractivity contribution in [2.24, 2.45) is 0 Å². The summed E-state index contributed by atoms with van der Waals surface area (Å²) in [6, 6.07) is 8.30. The van der Waals surface area contributed by atoms with Crippen LogP contribution in [-0.4, -0.2) is 28.1 Å². The topological polar surface area (TPSA) is 76.0 Å². The molecule has 0 spiro atoms. The molecule has 1 aromatic carbocycles. The fraction of sp³-hybridized carbons (Fsp3) is 0.462. The van der Waals surface area contributed by atoms with Gasteiger partial charge in [-0.15, -0.1) is 0 Å². The number of carbonyl (C=O) groups is 1. The fourth-order valence-corrected chi connectivity index (χ4v) is 0.795. The fourth-order valence-electron chi connectivity index (χ4n) is 0.795. The first-order valence-electron chi connectivity index (χ1n) is 5.53. The van der Waals surface area contributed by atoms with Crippen molar-refractivity contribution >= 4 is 5.97 Å². The van der Waals surface area contributed by atoms with Crippen LogP contribution in [0.5, 0.6) is 0 Å². The molecule has 102 valence electrons. The molecule has 0 saturated carbocycles. The van der Waals surface area contributed by atoms with Gasteiger partial charge in [0.05, 0.1) is 11.2 Å². The van der Waals surface area contributed by atoms with Gasteiger partial charge in [-0.2, -0.15) is 0 Å². The molecular weight excluding hydrogens is 236 g/mol. The third-order valence-corrected chi connectivity index (χ3v) is 1.46. The zero-order valence-corrected chi connectivity index (χ0v) is 11.1. The lowest BCUT2D eigenvalue weighted by Gasteiger charge is -2.18. The lowest BCUT2D eigenvalue weighted by atomic mass is 10.2. The Kier molecular flexibility index (Phi) is 7.19. The summed E-state index contributed by atoms with van der Waals surface area (Å²) in [4.78, 5) is 19.4. The van der Waals surface area contributed by atoms with E-state index in [1.54, 1.807) is 30.3 Å². The number of hydrogen-bond acceptors (Lipinski definition) is 4. The van der Waals surface area contributed by atoms with Crippen LogP contribution >= 0.6 is 0 Å². The molecule has 0 radical (unpaired) electrons. The minimum Gasteiger partial charge on any atom is -0.478 e. The van der Waals surface area contributed by atoms with E-state index < -0.39 is 12.3 Å². The Balaban J connectivity index is 0.000000321. The van der Waals surface area contributed by atoms with Gasteiger partial charge in [0.15, 0.2) is 6.29 Å². The Labute approximate surface area is 107 Å². The smallest absolute Gasteiger partial charge is 0.335 e. The van der Waals surface area contributed by atoms with Crippen LogP contribution in [0.1, 0.15) is 38.1 Å². The van der Waals surface area contributed by atoms with E-state index in [-0.39, 0.29) is 5.60 Å². The van der Waals surface area contributed by atoms with Gasteiger partial charge in [0.25, 0.3) is 0 Å². The van der Waals surface area contributed by atoms with E-state index in [1.807, 2.05) is 20.8 Å². The van der Waals surface area contributed by atoms with Crippen molar-refractivity contribution in [1.29, 1.82) is 0 Å². The third-order valence-electron chi connectivity index (χ3n) is 1.46. The summed E-state index contributed by atoms with van der Waals surface area (Å²) in [5.74, 6) is -0.879. The van der Waals surface area contributed by atoms with Gasteiger partial charge in [-0.25, -0.2) is 14.6 Å². The third kappa shape index (κ3) is 9.77. The van der Waals surface area contributed by atoms with Gasteiger partial charge in [-0.1, -0.05) is 18.2 Å². The molecule has 0 aliphatic heterocycles. The zero-order valence-electron chi connectivity index (χ0n) is 11.1. The van der Waals surface area contributed by atoms with Crippen molar-refractivity contribution in [3.63, 3.8) is 0 Å². The second-order valence-electron chi connectivity index (χ2n) is 4.56. The van der Waals surface area contributed by atoms with Crippen LogP contribution < -0.4 is 0 Å². The summed E-state index contributed by atoms with van der Waals surface area (Å²) in [5, 5.41) is 17.0. The molecule has 0 aliphatic carbocycles. The van der Waals surface area contributed by atoms with Gasteiger partial charge in [-0.3, -0.25) is 0 Å². The molecule has 0 aromatic heterocycles. The minimum atomic E-state index is -0.879. The molecule has 1 atom stereocenters. The first-order chi connectivity index (χ1) is 8.22. The maximum absolute atomic E-state index is 10.2. The highest BCUT2D eigenvalue weighted by Crippen LogP contribution is 2.07. The molecule has 0 fully saturated rings. The van der Waals surface area contributed by atoms with Crippen molar-refractivity contribution in [2.45, 2.75) is 39.6 Å². The van der Waals surface area contributed by atoms with Crippen molar-refractivity contribution in [1.82, 2.24) is 0 Å². The van der Waals surface area contributed by atoms with Crippen molar-refractivity contribution in [3.05, 3.63) is 35.9 Å². The van der Waals surface area contributed by atoms with Gasteiger partial charge in [0, 0.05) is 0 Å². The quantitative estimate of drug-likeness (QED) is 0.493. The first-order valence-corrected chi connectivity index (χ1v) is 5.53. The predicted molar refractivity (Wildman–Crippen MR) is 67.0 cm³/mol. The Morgan fingerprint density at radius 2 is 1.72 bits per heavy atom. The highest BCUT2D eigenvalue weighted by Gasteiger charge is 2.12. The average Bonchev–Trinajstić information content (AvgIpc) is 2.27. The van der Waals surface area contributed by atoms with Gasteiger partial charge >= 0.3 is 5.97 Å². The number of rotatable bonds is 3. The number of carboxylic acid groups (broad SMARTS) is 1. The van der Waals surface area contributed by atoms with Crippen LogP contribution in [0.3, 0.4) is 0 Å². The molecule has 1 unspecified atom stereocenters. The number of carboxylic acids is 1. The SMILES string of the molecule is CC(O)OOC(C)(C)C.O=C(O)c1ccccc1. The van der Waals surface area contributed by atoms with Crippen molar-refractivity contribution < 1.29 is 24.8 Å². The molecule has 0 bridgehead atoms. The van der Waals surface area contributed by atoms with Crippen LogP contribution in [0.2, 0.25) is 0 Å². The van der Waals surface area contributed by atoms with Gasteiger partial charge in [-0.05, 0) is 39.8 Å². The Morgan fingerprint density at radius 1 is 1.22 bits per heavy atom. The number of hydrogen-bond donors (Lipinski definition) is 2. The first kappa shape index (κ1) is 16.6. The summed E-state index contributed by atoms with van der Waals surface area (Å²) < 4.78 is 0. The molecular formula is C13H20O5. The van der Waals surface area contributed by atoms with E-state index in [0.29, 0.717) is 5.56 Å². The average molecular weight is 256 g/mol. The lowest BCUT2D eigenvalue weighted by molar-refractivity contribution is -0.405. The highest BCUT2D eigenvalue weighted by atomic mass is 17.2. The molecule has 0 aliphatic rings. The van der Waals surface area contributed by atoms with Crippen LogP contribution in [0.15, 0.2) is 30.3 Å². The minimum absolute atomic E-state index is 0.331. The van der Waals surface area contributed by atoms with Crippen LogP contribution in [-0.2, 0) is 9.78 Å². The maximum Gasteiger partial charge on any atom is 0.335 e. The molecule has 1 rings (SSSR count). The predicted octanol–water partition coefficient (Wildman–Crippen LogP) is 2.46. The summed E-state index contributed by atoms with van der Waals surface area (Å²) >= 11 is 0. The van der Waals surface area contributed by atoms with Crippen molar-refractivity contribution in [2.75, 3.05) is 0 Å². The monoisotopic (exact) mass is 256 g/mol. The zero-order chi connectivity index (χ0) is 14.2. The van der Waals surface area contributed by atoms with Gasteiger partial charge < -0.3 is 10.2 Å². The molecule has 5 heteroatoms. The maximum atomic E-state index is 10.2. The van der Waals surface area contributed by atoms with Crippen molar-refractivity contribution in [3.8, 4) is 0 Å². The summed E-state index contributed by atoms with van der Waals surface area (Å²) in [6.45, 7) is 7.02. The van der Waals surface area contributed by atoms with E-state index in [1.165, 1.54) is 6.92 Å². The Hall–Kier alpha value is -1.43. The lowest BCUT2D eigenvalue weighted by Crippen LogP contribution is -2.22. The molecule has 2 N–H and O–H groups in total. The Morgan fingerprint density at radius 3 is 1.94 bits per heavy atom. The van der Waals surface area contributed by atoms with E-state index in [4.69, 9.17) is 15.1 Å². The molecule has 1 aromatic rings. The molecule has 5 nitrogen and oxygen atoms in total.